The number of hydrogen-bond donors (Lipinski definition) is 1. The topological polar surface area (TPSA) is 21.3 Å². The van der Waals surface area contributed by atoms with Crippen LogP contribution in [0.4, 0.5) is 0 Å². The van der Waals surface area contributed by atoms with E-state index in [0.29, 0.717) is 6.10 Å². The molecular weight excluding hydrogens is 394 g/mol. The van der Waals surface area contributed by atoms with Crippen LogP contribution in [0.15, 0.2) is 21.1 Å². The molecule has 0 radical (unpaired) electrons. The molecule has 21 heavy (non-hydrogen) atoms. The fourth-order valence-electron chi connectivity index (χ4n) is 2.92. The summed E-state index contributed by atoms with van der Waals surface area (Å²) in [6, 6.07) is 4.31. The molecule has 1 aromatic carbocycles. The van der Waals surface area contributed by atoms with Gasteiger partial charge in [0.05, 0.1) is 15.0 Å². The standard InChI is InChI=1S/C17H25Br2NO/c1-3-12-5-7-14(8-6-12)21-17-15(18)9-13(10-16(17)19)11-20-4-2/h9-10,12,14,20H,3-8,11H2,1-2H3. The third-order valence-electron chi connectivity index (χ3n) is 4.29. The van der Waals surface area contributed by atoms with Gasteiger partial charge in [-0.25, -0.2) is 0 Å². The third-order valence-corrected chi connectivity index (χ3v) is 5.47. The Morgan fingerprint density at radius 1 is 1.10 bits per heavy atom. The molecular formula is C17H25Br2NO. The molecule has 2 nitrogen and oxygen atoms in total. The number of benzene rings is 1. The summed E-state index contributed by atoms with van der Waals surface area (Å²) in [6.45, 7) is 6.28. The first-order valence-electron chi connectivity index (χ1n) is 7.99. The van der Waals surface area contributed by atoms with Crippen molar-refractivity contribution in [2.75, 3.05) is 6.54 Å². The Hall–Kier alpha value is -0.0600. The summed E-state index contributed by atoms with van der Waals surface area (Å²) >= 11 is 7.32. The largest absolute Gasteiger partial charge is 0.488 e. The highest BCUT2D eigenvalue weighted by atomic mass is 79.9. The Balaban J connectivity index is 2.00. The molecule has 0 aliphatic heterocycles. The van der Waals surface area contributed by atoms with E-state index in [0.717, 1.165) is 33.7 Å². The van der Waals surface area contributed by atoms with Crippen LogP contribution in [0.1, 0.15) is 51.5 Å². The van der Waals surface area contributed by atoms with E-state index in [1.54, 1.807) is 0 Å². The third kappa shape index (κ3) is 4.97. The Labute approximate surface area is 145 Å². The second-order valence-electron chi connectivity index (χ2n) is 5.84. The van der Waals surface area contributed by atoms with Crippen LogP contribution in [-0.2, 0) is 6.54 Å². The molecule has 0 bridgehead atoms. The SMILES string of the molecule is CCNCc1cc(Br)c(OC2CCC(CC)CC2)c(Br)c1. The predicted octanol–water partition coefficient (Wildman–Crippen LogP) is 5.67. The van der Waals surface area contributed by atoms with Crippen LogP contribution in [0.25, 0.3) is 0 Å². The molecule has 2 rings (SSSR count). The van der Waals surface area contributed by atoms with Crippen LogP contribution >= 0.6 is 31.9 Å². The van der Waals surface area contributed by atoms with Crippen LogP contribution in [0.2, 0.25) is 0 Å². The van der Waals surface area contributed by atoms with E-state index in [9.17, 15) is 0 Å². The number of rotatable bonds is 6. The molecule has 1 N–H and O–H groups in total. The van der Waals surface area contributed by atoms with E-state index in [1.165, 1.54) is 37.7 Å². The number of halogens is 2. The first kappa shape index (κ1) is 17.3. The van der Waals surface area contributed by atoms with Crippen molar-refractivity contribution >= 4 is 31.9 Å². The second-order valence-corrected chi connectivity index (χ2v) is 7.55. The lowest BCUT2D eigenvalue weighted by molar-refractivity contribution is 0.128. The summed E-state index contributed by atoms with van der Waals surface area (Å²) in [6.07, 6.45) is 6.62. The van der Waals surface area contributed by atoms with Crippen molar-refractivity contribution in [3.63, 3.8) is 0 Å². The number of hydrogen-bond acceptors (Lipinski definition) is 2. The summed E-state index contributed by atoms with van der Waals surface area (Å²) in [5.74, 6) is 1.86. The predicted molar refractivity (Wildman–Crippen MR) is 95.9 cm³/mol. The summed E-state index contributed by atoms with van der Waals surface area (Å²) in [4.78, 5) is 0. The van der Waals surface area contributed by atoms with E-state index < -0.39 is 0 Å². The van der Waals surface area contributed by atoms with E-state index in [1.807, 2.05) is 0 Å². The highest BCUT2D eigenvalue weighted by Gasteiger charge is 2.22. The first-order valence-corrected chi connectivity index (χ1v) is 9.57. The van der Waals surface area contributed by atoms with Gasteiger partial charge in [-0.15, -0.1) is 0 Å². The highest BCUT2D eigenvalue weighted by molar-refractivity contribution is 9.11. The molecule has 1 saturated carbocycles. The van der Waals surface area contributed by atoms with Gasteiger partial charge in [-0.2, -0.15) is 0 Å². The molecule has 1 aromatic rings. The van der Waals surface area contributed by atoms with Crippen molar-refractivity contribution < 1.29 is 4.74 Å². The van der Waals surface area contributed by atoms with E-state index in [4.69, 9.17) is 4.74 Å². The summed E-state index contributed by atoms with van der Waals surface area (Å²) in [5, 5.41) is 3.35. The van der Waals surface area contributed by atoms with Crippen molar-refractivity contribution in [1.82, 2.24) is 5.32 Å². The number of ether oxygens (including phenoxy) is 1. The monoisotopic (exact) mass is 417 g/mol. The molecule has 0 unspecified atom stereocenters. The van der Waals surface area contributed by atoms with Gasteiger partial charge in [0, 0.05) is 6.54 Å². The molecule has 0 heterocycles. The lowest BCUT2D eigenvalue weighted by Gasteiger charge is -2.29. The van der Waals surface area contributed by atoms with Gasteiger partial charge in [0.2, 0.25) is 0 Å². The molecule has 4 heteroatoms. The average molecular weight is 419 g/mol. The van der Waals surface area contributed by atoms with Gasteiger partial charge < -0.3 is 10.1 Å². The van der Waals surface area contributed by atoms with Crippen LogP contribution in [0.3, 0.4) is 0 Å². The fourth-order valence-corrected chi connectivity index (χ4v) is 4.39. The maximum Gasteiger partial charge on any atom is 0.148 e. The molecule has 1 fully saturated rings. The fraction of sp³-hybridized carbons (Fsp3) is 0.647. The maximum absolute atomic E-state index is 6.26. The van der Waals surface area contributed by atoms with Crippen molar-refractivity contribution in [2.45, 2.75) is 58.6 Å². The van der Waals surface area contributed by atoms with Gasteiger partial charge in [-0.3, -0.25) is 0 Å². The minimum atomic E-state index is 0.361. The van der Waals surface area contributed by atoms with E-state index in [-0.39, 0.29) is 0 Å². The molecule has 118 valence electrons. The minimum absolute atomic E-state index is 0.361. The van der Waals surface area contributed by atoms with Gasteiger partial charge in [0.15, 0.2) is 0 Å². The van der Waals surface area contributed by atoms with Crippen molar-refractivity contribution in [2.24, 2.45) is 5.92 Å². The lowest BCUT2D eigenvalue weighted by Crippen LogP contribution is -2.24. The quantitative estimate of drug-likeness (QED) is 0.642. The molecule has 0 atom stereocenters. The van der Waals surface area contributed by atoms with Crippen LogP contribution in [-0.4, -0.2) is 12.6 Å². The lowest BCUT2D eigenvalue weighted by atomic mass is 9.86. The van der Waals surface area contributed by atoms with Gasteiger partial charge in [-0.05, 0) is 87.7 Å². The van der Waals surface area contributed by atoms with Gasteiger partial charge in [0.25, 0.3) is 0 Å². The Morgan fingerprint density at radius 2 is 1.71 bits per heavy atom. The van der Waals surface area contributed by atoms with Crippen molar-refractivity contribution in [3.8, 4) is 5.75 Å². The number of nitrogens with one attached hydrogen (secondary N) is 1. The van der Waals surface area contributed by atoms with E-state index in [2.05, 4.69) is 63.2 Å². The van der Waals surface area contributed by atoms with Crippen LogP contribution in [0.5, 0.6) is 5.75 Å². The normalized spacial score (nSPS) is 22.3. The summed E-state index contributed by atoms with van der Waals surface area (Å²) in [7, 11) is 0. The molecule has 0 saturated heterocycles. The average Bonchev–Trinajstić information content (AvgIpc) is 2.49. The summed E-state index contributed by atoms with van der Waals surface area (Å²) in [5.41, 5.74) is 1.26. The minimum Gasteiger partial charge on any atom is -0.488 e. The Morgan fingerprint density at radius 3 is 2.24 bits per heavy atom. The molecule has 0 spiro atoms. The Bertz CT molecular complexity index is 433. The molecule has 0 aromatic heterocycles. The zero-order valence-corrected chi connectivity index (χ0v) is 16.1. The van der Waals surface area contributed by atoms with Crippen molar-refractivity contribution in [1.29, 1.82) is 0 Å². The molecule has 1 aliphatic rings. The van der Waals surface area contributed by atoms with Gasteiger partial charge in [0.1, 0.15) is 5.75 Å². The smallest absolute Gasteiger partial charge is 0.148 e. The zero-order valence-electron chi connectivity index (χ0n) is 12.9. The Kier molecular flexibility index (Phi) is 7.03. The van der Waals surface area contributed by atoms with Gasteiger partial charge in [-0.1, -0.05) is 20.3 Å². The molecule has 1 aliphatic carbocycles. The zero-order chi connectivity index (χ0) is 15.2. The first-order chi connectivity index (χ1) is 10.1. The molecule has 0 amide bonds. The van der Waals surface area contributed by atoms with E-state index >= 15 is 0 Å². The van der Waals surface area contributed by atoms with Crippen LogP contribution < -0.4 is 10.1 Å². The van der Waals surface area contributed by atoms with Gasteiger partial charge >= 0.3 is 0 Å². The van der Waals surface area contributed by atoms with Crippen molar-refractivity contribution in [3.05, 3.63) is 26.6 Å². The summed E-state index contributed by atoms with van der Waals surface area (Å²) < 4.78 is 8.34. The van der Waals surface area contributed by atoms with Crippen LogP contribution in [0, 0.1) is 5.92 Å². The maximum atomic E-state index is 6.26. The highest BCUT2D eigenvalue weighted by Crippen LogP contribution is 2.38. The second kappa shape index (κ2) is 8.54.